The van der Waals surface area contributed by atoms with Crippen LogP contribution in [0.4, 0.5) is 0 Å². The van der Waals surface area contributed by atoms with Crippen LogP contribution in [-0.4, -0.2) is 35.2 Å². The average Bonchev–Trinajstić information content (AvgIpc) is 2.27. The molecule has 0 radical (unpaired) electrons. The third kappa shape index (κ3) is 3.77. The second kappa shape index (κ2) is 5.38. The van der Waals surface area contributed by atoms with Crippen molar-refractivity contribution in [3.05, 3.63) is 23.0 Å². The largest absolute Gasteiger partial charge is 0.507 e. The van der Waals surface area contributed by atoms with E-state index in [-0.39, 0.29) is 34.6 Å². The first-order valence-electron chi connectivity index (χ1n) is 5.98. The lowest BCUT2D eigenvalue weighted by Gasteiger charge is -2.20. The maximum Gasteiger partial charge on any atom is 0.341 e. The Morgan fingerprint density at radius 1 is 1.37 bits per heavy atom. The fourth-order valence-electron chi connectivity index (χ4n) is 1.77. The molecular weight excluding hydrogens is 246 g/mol. The summed E-state index contributed by atoms with van der Waals surface area (Å²) in [5, 5.41) is 9.95. The summed E-state index contributed by atoms with van der Waals surface area (Å²) in [5.74, 6) is -1.28. The molecule has 0 atom stereocenters. The van der Waals surface area contributed by atoms with Crippen LogP contribution in [0.3, 0.4) is 0 Å². The molecule has 0 saturated carbocycles. The van der Waals surface area contributed by atoms with E-state index in [1.165, 1.54) is 20.1 Å². The van der Waals surface area contributed by atoms with Crippen LogP contribution in [0.5, 0.6) is 0 Å². The van der Waals surface area contributed by atoms with Gasteiger partial charge in [0.05, 0.1) is 12.6 Å². The van der Waals surface area contributed by atoms with E-state index in [2.05, 4.69) is 9.73 Å². The van der Waals surface area contributed by atoms with E-state index < -0.39 is 5.97 Å². The molecule has 0 bridgehead atoms. The van der Waals surface area contributed by atoms with Crippen molar-refractivity contribution in [1.29, 1.82) is 0 Å². The van der Waals surface area contributed by atoms with Gasteiger partial charge >= 0.3 is 5.97 Å². The second-order valence-corrected chi connectivity index (χ2v) is 5.38. The van der Waals surface area contributed by atoms with Gasteiger partial charge in [-0.05, 0) is 33.8 Å². The number of carbonyl (C=O) groups is 2. The van der Waals surface area contributed by atoms with Gasteiger partial charge in [0, 0.05) is 17.7 Å². The van der Waals surface area contributed by atoms with Crippen LogP contribution in [0.15, 0.2) is 28.0 Å². The van der Waals surface area contributed by atoms with Gasteiger partial charge in [0.15, 0.2) is 5.78 Å². The standard InChI is InChI=1S/C14H19NO4/c1-8(16)10-6-9(15-14(2,3)4)7-11(12(10)17)13(18)19-5/h7,17H,6H2,1-5H3. The molecule has 0 amide bonds. The molecule has 1 N–H and O–H groups in total. The molecule has 0 spiro atoms. The van der Waals surface area contributed by atoms with E-state index in [9.17, 15) is 14.7 Å². The highest BCUT2D eigenvalue weighted by Gasteiger charge is 2.27. The molecule has 0 aromatic rings. The predicted octanol–water partition coefficient (Wildman–Crippen LogP) is 2.13. The zero-order valence-electron chi connectivity index (χ0n) is 11.9. The molecule has 104 valence electrons. The lowest BCUT2D eigenvalue weighted by Crippen LogP contribution is -2.22. The zero-order chi connectivity index (χ0) is 14.8. The Kier molecular flexibility index (Phi) is 4.29. The van der Waals surface area contributed by atoms with Crippen LogP contribution in [0.25, 0.3) is 0 Å². The topological polar surface area (TPSA) is 76.0 Å². The van der Waals surface area contributed by atoms with Crippen molar-refractivity contribution >= 4 is 17.5 Å². The smallest absolute Gasteiger partial charge is 0.341 e. The molecule has 0 saturated heterocycles. The molecule has 0 heterocycles. The molecule has 0 aromatic heterocycles. The number of aliphatic hydroxyl groups is 1. The predicted molar refractivity (Wildman–Crippen MR) is 72.2 cm³/mol. The molecule has 1 aliphatic rings. The first-order chi connectivity index (χ1) is 8.65. The molecule has 0 aliphatic heterocycles. The van der Waals surface area contributed by atoms with E-state index >= 15 is 0 Å². The third-order valence-electron chi connectivity index (χ3n) is 2.52. The summed E-state index contributed by atoms with van der Waals surface area (Å²) < 4.78 is 4.60. The lowest BCUT2D eigenvalue weighted by molar-refractivity contribution is -0.136. The Morgan fingerprint density at radius 2 is 1.95 bits per heavy atom. The summed E-state index contributed by atoms with van der Waals surface area (Å²) >= 11 is 0. The molecule has 0 fully saturated rings. The Balaban J connectivity index is 3.33. The van der Waals surface area contributed by atoms with Gasteiger partial charge in [-0.15, -0.1) is 0 Å². The Morgan fingerprint density at radius 3 is 2.37 bits per heavy atom. The van der Waals surface area contributed by atoms with Crippen LogP contribution in [0.2, 0.25) is 0 Å². The first kappa shape index (κ1) is 15.1. The van der Waals surface area contributed by atoms with Gasteiger partial charge in [0.1, 0.15) is 11.3 Å². The van der Waals surface area contributed by atoms with Gasteiger partial charge in [0.25, 0.3) is 0 Å². The number of ether oxygens (including phenoxy) is 1. The number of allylic oxidation sites excluding steroid dienone is 2. The maximum absolute atomic E-state index is 11.6. The van der Waals surface area contributed by atoms with Crippen LogP contribution in [0, 0.1) is 0 Å². The van der Waals surface area contributed by atoms with Gasteiger partial charge < -0.3 is 9.84 Å². The number of rotatable bonds is 2. The minimum absolute atomic E-state index is 0.0260. The van der Waals surface area contributed by atoms with Crippen LogP contribution >= 0.6 is 0 Å². The highest BCUT2D eigenvalue weighted by Crippen LogP contribution is 2.25. The van der Waals surface area contributed by atoms with Crippen molar-refractivity contribution in [3.63, 3.8) is 0 Å². The van der Waals surface area contributed by atoms with E-state index in [4.69, 9.17) is 0 Å². The number of Topliss-reactive ketones (excluding diaryl/α,β-unsaturated/α-hetero) is 1. The zero-order valence-corrected chi connectivity index (χ0v) is 11.9. The number of aliphatic hydroxyl groups excluding tert-OH is 1. The van der Waals surface area contributed by atoms with Gasteiger partial charge in [-0.2, -0.15) is 0 Å². The second-order valence-electron chi connectivity index (χ2n) is 5.38. The van der Waals surface area contributed by atoms with Crippen molar-refractivity contribution in [2.45, 2.75) is 39.7 Å². The quantitative estimate of drug-likeness (QED) is 0.776. The summed E-state index contributed by atoms with van der Waals surface area (Å²) in [6.45, 7) is 7.09. The summed E-state index contributed by atoms with van der Waals surface area (Å²) in [6.07, 6.45) is 1.69. The first-order valence-corrected chi connectivity index (χ1v) is 5.98. The van der Waals surface area contributed by atoms with Crippen LogP contribution < -0.4 is 0 Å². The normalized spacial score (nSPS) is 18.4. The van der Waals surface area contributed by atoms with Crippen LogP contribution in [0.1, 0.15) is 34.1 Å². The van der Waals surface area contributed by atoms with Gasteiger partial charge in [-0.3, -0.25) is 9.79 Å². The van der Waals surface area contributed by atoms with Gasteiger partial charge in [0.2, 0.25) is 0 Å². The van der Waals surface area contributed by atoms with E-state index in [1.54, 1.807) is 0 Å². The number of ketones is 1. The summed E-state index contributed by atoms with van der Waals surface area (Å²) in [5.41, 5.74) is 0.408. The maximum atomic E-state index is 11.6. The minimum Gasteiger partial charge on any atom is -0.507 e. The highest BCUT2D eigenvalue weighted by atomic mass is 16.5. The Bertz CT molecular complexity index is 504. The monoisotopic (exact) mass is 265 g/mol. The minimum atomic E-state index is -0.683. The SMILES string of the molecule is COC(=O)C1=CC(=NC(C)(C)C)CC(C(C)=O)=C1O. The number of hydrogen-bond acceptors (Lipinski definition) is 5. The molecule has 5 heteroatoms. The average molecular weight is 265 g/mol. The van der Waals surface area contributed by atoms with Crippen molar-refractivity contribution in [1.82, 2.24) is 0 Å². The van der Waals surface area contributed by atoms with Crippen molar-refractivity contribution in [2.75, 3.05) is 7.11 Å². The lowest BCUT2D eigenvalue weighted by atomic mass is 9.93. The number of carbonyl (C=O) groups excluding carboxylic acids is 2. The molecule has 5 nitrogen and oxygen atoms in total. The van der Waals surface area contributed by atoms with E-state index in [0.29, 0.717) is 5.71 Å². The molecule has 1 rings (SSSR count). The summed E-state index contributed by atoms with van der Waals surface area (Å²) in [4.78, 5) is 27.6. The van der Waals surface area contributed by atoms with Crippen molar-refractivity contribution in [3.8, 4) is 0 Å². The molecule has 1 aliphatic carbocycles. The van der Waals surface area contributed by atoms with E-state index in [1.807, 2.05) is 20.8 Å². The molecular formula is C14H19NO4. The van der Waals surface area contributed by atoms with Crippen LogP contribution in [-0.2, 0) is 14.3 Å². The van der Waals surface area contributed by atoms with E-state index in [0.717, 1.165) is 0 Å². The number of nitrogens with zero attached hydrogens (tertiary/aromatic N) is 1. The number of methoxy groups -OCH3 is 1. The highest BCUT2D eigenvalue weighted by molar-refractivity contribution is 6.13. The Hall–Kier alpha value is -1.91. The molecule has 0 unspecified atom stereocenters. The van der Waals surface area contributed by atoms with Crippen molar-refractivity contribution < 1.29 is 19.4 Å². The van der Waals surface area contributed by atoms with Crippen molar-refractivity contribution in [2.24, 2.45) is 4.99 Å². The number of hydrogen-bond donors (Lipinski definition) is 1. The molecule has 0 aromatic carbocycles. The number of esters is 1. The third-order valence-corrected chi connectivity index (χ3v) is 2.52. The molecule has 19 heavy (non-hydrogen) atoms. The summed E-state index contributed by atoms with van der Waals surface area (Å²) in [6, 6.07) is 0. The van der Waals surface area contributed by atoms with Gasteiger partial charge in [-0.1, -0.05) is 0 Å². The fourth-order valence-corrected chi connectivity index (χ4v) is 1.77. The fraction of sp³-hybridized carbons (Fsp3) is 0.500. The van der Waals surface area contributed by atoms with Gasteiger partial charge in [-0.25, -0.2) is 4.79 Å². The Labute approximate surface area is 112 Å². The number of aliphatic imine (C=N–C) groups is 1. The summed E-state index contributed by atoms with van der Waals surface area (Å²) in [7, 11) is 1.22.